The van der Waals surface area contributed by atoms with Crippen molar-refractivity contribution in [1.82, 2.24) is 20.2 Å². The molecular formula is C20H30FN6O+. The van der Waals surface area contributed by atoms with Crippen molar-refractivity contribution >= 4 is 5.69 Å². The highest BCUT2D eigenvalue weighted by molar-refractivity contribution is 5.46. The van der Waals surface area contributed by atoms with Crippen molar-refractivity contribution < 1.29 is 14.0 Å². The molecule has 1 aromatic carbocycles. The molecule has 4 rings (SSSR count). The molecule has 0 radical (unpaired) electrons. The van der Waals surface area contributed by atoms with Crippen molar-refractivity contribution in [3.05, 3.63) is 35.9 Å². The summed E-state index contributed by atoms with van der Waals surface area (Å²) in [5.74, 6) is 0.802. The average Bonchev–Trinajstić information content (AvgIpc) is 3.40. The van der Waals surface area contributed by atoms with Gasteiger partial charge in [0, 0.05) is 18.7 Å². The van der Waals surface area contributed by atoms with E-state index in [0.717, 1.165) is 76.5 Å². The number of halogens is 1. The minimum Gasteiger partial charge on any atom is -0.376 e. The van der Waals surface area contributed by atoms with E-state index in [-0.39, 0.29) is 11.9 Å². The van der Waals surface area contributed by atoms with Crippen LogP contribution in [0.1, 0.15) is 44.5 Å². The predicted octanol–water partition coefficient (Wildman–Crippen LogP) is 1.24. The van der Waals surface area contributed by atoms with Gasteiger partial charge in [-0.2, -0.15) is 0 Å². The lowest BCUT2D eigenvalue weighted by atomic mass is 10.1. The molecule has 7 nitrogen and oxygen atoms in total. The van der Waals surface area contributed by atoms with Crippen LogP contribution in [0.3, 0.4) is 0 Å². The summed E-state index contributed by atoms with van der Waals surface area (Å²) in [6.45, 7) is 7.76. The van der Waals surface area contributed by atoms with Crippen LogP contribution in [0.5, 0.6) is 0 Å². The lowest BCUT2D eigenvalue weighted by Crippen LogP contribution is -3.15. The Morgan fingerprint density at radius 3 is 2.71 bits per heavy atom. The van der Waals surface area contributed by atoms with Gasteiger partial charge in [-0.3, -0.25) is 0 Å². The number of hydrogen-bond acceptors (Lipinski definition) is 5. The van der Waals surface area contributed by atoms with E-state index in [1.807, 2.05) is 16.8 Å². The van der Waals surface area contributed by atoms with Crippen LogP contribution in [0.4, 0.5) is 10.1 Å². The molecule has 1 aromatic heterocycles. The van der Waals surface area contributed by atoms with Crippen molar-refractivity contribution in [2.45, 2.75) is 51.3 Å². The van der Waals surface area contributed by atoms with E-state index in [2.05, 4.69) is 27.3 Å². The zero-order valence-corrected chi connectivity index (χ0v) is 16.6. The first-order valence-electron chi connectivity index (χ1n) is 10.5. The largest absolute Gasteiger partial charge is 0.376 e. The molecule has 1 N–H and O–H groups in total. The Labute approximate surface area is 165 Å². The molecule has 0 amide bonds. The maximum Gasteiger partial charge on any atom is 0.209 e. The van der Waals surface area contributed by atoms with E-state index in [4.69, 9.17) is 4.74 Å². The Morgan fingerprint density at radius 1 is 1.25 bits per heavy atom. The predicted molar refractivity (Wildman–Crippen MR) is 104 cm³/mol. The first kappa shape index (κ1) is 19.3. The molecule has 8 heteroatoms. The Kier molecular flexibility index (Phi) is 6.17. The molecule has 2 fully saturated rings. The highest BCUT2D eigenvalue weighted by Gasteiger charge is 2.33. The Hall–Kier alpha value is -2.06. The van der Waals surface area contributed by atoms with Gasteiger partial charge in [-0.15, -0.1) is 5.10 Å². The maximum absolute atomic E-state index is 13.2. The monoisotopic (exact) mass is 389 g/mol. The summed E-state index contributed by atoms with van der Waals surface area (Å²) in [4.78, 5) is 3.87. The Morgan fingerprint density at radius 2 is 2.04 bits per heavy atom. The first-order valence-corrected chi connectivity index (χ1v) is 10.5. The van der Waals surface area contributed by atoms with E-state index >= 15 is 0 Å². The SMILES string of the molecule is CCC[C@H](c1nnnn1C[C@H]1CCCO1)[NH+]1CCN(c2ccc(F)cc2)CC1. The zero-order valence-electron chi connectivity index (χ0n) is 16.6. The lowest BCUT2D eigenvalue weighted by molar-refractivity contribution is -0.933. The van der Waals surface area contributed by atoms with Crippen LogP contribution < -0.4 is 9.80 Å². The fraction of sp³-hybridized carbons (Fsp3) is 0.650. The van der Waals surface area contributed by atoms with Gasteiger partial charge in [-0.1, -0.05) is 13.3 Å². The van der Waals surface area contributed by atoms with Gasteiger partial charge < -0.3 is 14.5 Å². The van der Waals surface area contributed by atoms with Crippen LogP contribution in [0.25, 0.3) is 0 Å². The second-order valence-corrected chi connectivity index (χ2v) is 7.82. The number of tetrazole rings is 1. The number of nitrogens with zero attached hydrogens (tertiary/aromatic N) is 5. The number of aromatic nitrogens is 4. The third kappa shape index (κ3) is 4.33. The second-order valence-electron chi connectivity index (χ2n) is 7.82. The molecule has 3 heterocycles. The molecular weight excluding hydrogens is 359 g/mol. The third-order valence-electron chi connectivity index (χ3n) is 5.94. The normalized spacial score (nSPS) is 21.9. The van der Waals surface area contributed by atoms with Gasteiger partial charge in [0.15, 0.2) is 0 Å². The van der Waals surface area contributed by atoms with Gasteiger partial charge >= 0.3 is 0 Å². The van der Waals surface area contributed by atoms with Crippen molar-refractivity contribution in [2.24, 2.45) is 0 Å². The summed E-state index contributed by atoms with van der Waals surface area (Å²) < 4.78 is 20.9. The fourth-order valence-corrected chi connectivity index (χ4v) is 4.43. The molecule has 0 bridgehead atoms. The van der Waals surface area contributed by atoms with E-state index < -0.39 is 0 Å². The number of piperazine rings is 1. The number of anilines is 1. The van der Waals surface area contributed by atoms with Crippen molar-refractivity contribution in [3.8, 4) is 0 Å². The number of nitrogens with one attached hydrogen (secondary N) is 1. The molecule has 28 heavy (non-hydrogen) atoms. The van der Waals surface area contributed by atoms with E-state index in [1.54, 1.807) is 0 Å². The van der Waals surface area contributed by atoms with Gasteiger partial charge in [0.25, 0.3) is 0 Å². The van der Waals surface area contributed by atoms with E-state index in [9.17, 15) is 4.39 Å². The lowest BCUT2D eigenvalue weighted by Gasteiger charge is -2.37. The van der Waals surface area contributed by atoms with Crippen LogP contribution in [0, 0.1) is 5.82 Å². The topological polar surface area (TPSA) is 60.5 Å². The van der Waals surface area contributed by atoms with Crippen LogP contribution in [-0.2, 0) is 11.3 Å². The van der Waals surface area contributed by atoms with Gasteiger partial charge in [-0.05, 0) is 47.5 Å². The number of ether oxygens (including phenoxy) is 1. The molecule has 2 aliphatic heterocycles. The number of hydrogen-bond donors (Lipinski definition) is 1. The van der Waals surface area contributed by atoms with Gasteiger partial charge in [0.1, 0.15) is 11.9 Å². The summed E-state index contributed by atoms with van der Waals surface area (Å²) in [6.07, 6.45) is 4.60. The quantitative estimate of drug-likeness (QED) is 0.772. The van der Waals surface area contributed by atoms with Crippen LogP contribution >= 0.6 is 0 Å². The number of benzene rings is 1. The van der Waals surface area contributed by atoms with Crippen molar-refractivity contribution in [3.63, 3.8) is 0 Å². The Bertz CT molecular complexity index is 737. The molecule has 2 aliphatic rings. The van der Waals surface area contributed by atoms with Crippen LogP contribution in [0.15, 0.2) is 24.3 Å². The van der Waals surface area contributed by atoms with Crippen molar-refractivity contribution in [2.75, 3.05) is 37.7 Å². The number of rotatable bonds is 7. The van der Waals surface area contributed by atoms with Crippen LogP contribution in [0.2, 0.25) is 0 Å². The minimum atomic E-state index is -0.186. The highest BCUT2D eigenvalue weighted by Crippen LogP contribution is 2.19. The van der Waals surface area contributed by atoms with Gasteiger partial charge in [-0.25, -0.2) is 9.07 Å². The molecule has 0 spiro atoms. The smallest absolute Gasteiger partial charge is 0.209 e. The molecule has 152 valence electrons. The van der Waals surface area contributed by atoms with Crippen molar-refractivity contribution in [1.29, 1.82) is 0 Å². The third-order valence-corrected chi connectivity index (χ3v) is 5.94. The standard InChI is InChI=1S/C20H29FN6O/c1-2-4-19(20-22-23-24-27(20)15-18-5-3-14-28-18)26-12-10-25(11-13-26)17-8-6-16(21)7-9-17/h6-9,18-19H,2-5,10-15H2,1H3/p+1/t18-,19-/m1/s1. The maximum atomic E-state index is 13.2. The van der Waals surface area contributed by atoms with Gasteiger partial charge in [0.05, 0.1) is 38.8 Å². The Balaban J connectivity index is 1.43. The average molecular weight is 389 g/mol. The van der Waals surface area contributed by atoms with E-state index in [1.165, 1.54) is 17.0 Å². The molecule has 2 atom stereocenters. The molecule has 0 saturated carbocycles. The zero-order chi connectivity index (χ0) is 19.3. The van der Waals surface area contributed by atoms with E-state index in [0.29, 0.717) is 6.04 Å². The summed E-state index contributed by atoms with van der Waals surface area (Å²) in [5, 5.41) is 12.7. The fourth-order valence-electron chi connectivity index (χ4n) is 4.43. The molecule has 0 aliphatic carbocycles. The van der Waals surface area contributed by atoms with Crippen LogP contribution in [-0.4, -0.2) is 59.1 Å². The summed E-state index contributed by atoms with van der Waals surface area (Å²) in [5.41, 5.74) is 1.09. The molecule has 2 aromatic rings. The summed E-state index contributed by atoms with van der Waals surface area (Å²) >= 11 is 0. The minimum absolute atomic E-state index is 0.186. The number of quaternary nitrogens is 1. The summed E-state index contributed by atoms with van der Waals surface area (Å²) in [7, 11) is 0. The summed E-state index contributed by atoms with van der Waals surface area (Å²) in [6, 6.07) is 7.11. The second kappa shape index (κ2) is 8.96. The first-order chi connectivity index (χ1) is 13.7. The van der Waals surface area contributed by atoms with Gasteiger partial charge in [0.2, 0.25) is 5.82 Å². The highest BCUT2D eigenvalue weighted by atomic mass is 19.1. The molecule has 0 unspecified atom stereocenters. The molecule has 2 saturated heterocycles.